The Morgan fingerprint density at radius 1 is 1.09 bits per heavy atom. The van der Waals surface area contributed by atoms with Crippen LogP contribution in [0.15, 0.2) is 70.9 Å². The van der Waals surface area contributed by atoms with Crippen molar-refractivity contribution in [2.45, 2.75) is 38.3 Å². The Balaban J connectivity index is 1.47. The van der Waals surface area contributed by atoms with Crippen LogP contribution in [0.25, 0.3) is 11.4 Å². The molecule has 8 nitrogen and oxygen atoms in total. The first kappa shape index (κ1) is 30.4. The average molecular weight is 602 g/mol. The first-order chi connectivity index (χ1) is 20.6. The molecule has 1 fully saturated rings. The number of anilines is 1. The van der Waals surface area contributed by atoms with E-state index in [1.54, 1.807) is 30.1 Å². The first-order valence-electron chi connectivity index (χ1n) is 14.2. The Bertz CT molecular complexity index is 1620. The SMILES string of the molecule is COc1c(N2CCOCC2)cc(C(=O)CSc2nnc(-c3cccc(F)c3)n2/N=C/c2ccc(C)cc2)cc1C(C)(C)C. The van der Waals surface area contributed by atoms with Gasteiger partial charge in [-0.15, -0.1) is 10.2 Å². The van der Waals surface area contributed by atoms with Crippen LogP contribution in [0.4, 0.5) is 10.1 Å². The van der Waals surface area contributed by atoms with E-state index in [4.69, 9.17) is 9.47 Å². The summed E-state index contributed by atoms with van der Waals surface area (Å²) in [5.74, 6) is 0.830. The molecule has 0 radical (unpaired) electrons. The van der Waals surface area contributed by atoms with E-state index < -0.39 is 0 Å². The number of Topliss-reactive ketones (excluding diaryl/α,β-unsaturated/α-hetero) is 1. The number of rotatable bonds is 9. The molecular weight excluding hydrogens is 565 g/mol. The number of carbonyl (C=O) groups is 1. The number of morpholine rings is 1. The largest absolute Gasteiger partial charge is 0.494 e. The van der Waals surface area contributed by atoms with Crippen LogP contribution in [-0.4, -0.2) is 66.0 Å². The van der Waals surface area contributed by atoms with Gasteiger partial charge in [0.25, 0.3) is 0 Å². The minimum absolute atomic E-state index is 0.0583. The molecule has 0 unspecified atom stereocenters. The third-order valence-corrected chi connectivity index (χ3v) is 8.10. The maximum atomic E-state index is 14.1. The minimum atomic E-state index is -0.385. The van der Waals surface area contributed by atoms with Gasteiger partial charge in [-0.25, -0.2) is 4.39 Å². The van der Waals surface area contributed by atoms with Crippen LogP contribution in [0.5, 0.6) is 5.75 Å². The summed E-state index contributed by atoms with van der Waals surface area (Å²) in [5, 5.41) is 13.7. The van der Waals surface area contributed by atoms with Gasteiger partial charge in [0.15, 0.2) is 11.6 Å². The Morgan fingerprint density at radius 2 is 1.84 bits per heavy atom. The summed E-state index contributed by atoms with van der Waals surface area (Å²) < 4.78 is 27.1. The lowest BCUT2D eigenvalue weighted by molar-refractivity contribution is 0.102. The Labute approximate surface area is 255 Å². The summed E-state index contributed by atoms with van der Waals surface area (Å²) in [6, 6.07) is 17.9. The highest BCUT2D eigenvalue weighted by Gasteiger charge is 2.27. The van der Waals surface area contributed by atoms with Crippen molar-refractivity contribution in [3.8, 4) is 17.1 Å². The lowest BCUT2D eigenvalue weighted by atomic mass is 9.84. The van der Waals surface area contributed by atoms with Gasteiger partial charge in [-0.05, 0) is 42.2 Å². The first-order valence-corrected chi connectivity index (χ1v) is 15.2. The highest BCUT2D eigenvalue weighted by molar-refractivity contribution is 7.99. The van der Waals surface area contributed by atoms with Crippen LogP contribution in [0, 0.1) is 12.7 Å². The lowest BCUT2D eigenvalue weighted by Gasteiger charge is -2.33. The molecule has 4 aromatic rings. The van der Waals surface area contributed by atoms with Crippen molar-refractivity contribution >= 4 is 29.4 Å². The molecule has 1 saturated heterocycles. The summed E-state index contributed by atoms with van der Waals surface area (Å²) in [6.07, 6.45) is 1.70. The number of halogens is 1. The molecule has 10 heteroatoms. The van der Waals surface area contributed by atoms with Crippen LogP contribution in [0.2, 0.25) is 0 Å². The molecule has 3 aromatic carbocycles. The second-order valence-corrected chi connectivity index (χ2v) is 12.4. The number of hydrogen-bond acceptors (Lipinski definition) is 8. The zero-order valence-electron chi connectivity index (χ0n) is 25.1. The molecular formula is C33H36FN5O3S. The molecule has 0 aliphatic carbocycles. The molecule has 1 aliphatic rings. The van der Waals surface area contributed by atoms with E-state index in [-0.39, 0.29) is 22.8 Å². The van der Waals surface area contributed by atoms with Crippen molar-refractivity contribution in [2.75, 3.05) is 44.1 Å². The minimum Gasteiger partial charge on any atom is -0.494 e. The van der Waals surface area contributed by atoms with E-state index in [2.05, 4.69) is 41.0 Å². The molecule has 1 aromatic heterocycles. The van der Waals surface area contributed by atoms with Gasteiger partial charge in [0.05, 0.1) is 38.0 Å². The van der Waals surface area contributed by atoms with E-state index >= 15 is 0 Å². The monoisotopic (exact) mass is 601 g/mol. The van der Waals surface area contributed by atoms with Gasteiger partial charge >= 0.3 is 0 Å². The molecule has 0 spiro atoms. The topological polar surface area (TPSA) is 81.8 Å². The fourth-order valence-corrected chi connectivity index (χ4v) is 5.62. The molecule has 0 amide bonds. The summed E-state index contributed by atoms with van der Waals surface area (Å²) in [7, 11) is 1.67. The van der Waals surface area contributed by atoms with Gasteiger partial charge in [-0.3, -0.25) is 4.79 Å². The number of hydrogen-bond donors (Lipinski definition) is 0. The molecule has 1 aliphatic heterocycles. The molecule has 5 rings (SSSR count). The van der Waals surface area contributed by atoms with Crippen LogP contribution in [0.3, 0.4) is 0 Å². The number of nitrogens with zero attached hydrogens (tertiary/aromatic N) is 5. The molecule has 224 valence electrons. The zero-order valence-corrected chi connectivity index (χ0v) is 25.9. The maximum Gasteiger partial charge on any atom is 0.212 e. The fraction of sp³-hybridized carbons (Fsp3) is 0.333. The fourth-order valence-electron chi connectivity index (χ4n) is 4.84. The van der Waals surface area contributed by atoms with E-state index in [1.165, 1.54) is 23.9 Å². The van der Waals surface area contributed by atoms with Crippen molar-refractivity contribution in [1.29, 1.82) is 0 Å². The smallest absolute Gasteiger partial charge is 0.212 e. The number of benzene rings is 3. The molecule has 0 N–H and O–H groups in total. The van der Waals surface area contributed by atoms with Crippen LogP contribution in [0.1, 0.15) is 47.8 Å². The zero-order chi connectivity index (χ0) is 30.6. The highest BCUT2D eigenvalue weighted by atomic mass is 32.2. The van der Waals surface area contributed by atoms with Gasteiger partial charge in [-0.2, -0.15) is 9.78 Å². The number of carbonyl (C=O) groups excluding carboxylic acids is 1. The standard InChI is InChI=1S/C33H36FN5O3S/c1-22-9-11-23(12-10-22)20-35-39-31(24-7-6-8-26(34)17-24)36-37-32(39)43-21-29(40)25-18-27(33(2,3)4)30(41-5)28(19-25)38-13-15-42-16-14-38/h6-12,17-20H,13-16,21H2,1-5H3/b35-20+. The number of aromatic nitrogens is 3. The molecule has 0 atom stereocenters. The number of methoxy groups -OCH3 is 1. The molecule has 2 heterocycles. The van der Waals surface area contributed by atoms with Crippen LogP contribution in [-0.2, 0) is 10.2 Å². The normalized spacial score (nSPS) is 14.0. The quantitative estimate of drug-likeness (QED) is 0.125. The second-order valence-electron chi connectivity index (χ2n) is 11.4. The molecule has 0 saturated carbocycles. The van der Waals surface area contributed by atoms with Crippen molar-refractivity contribution in [1.82, 2.24) is 14.9 Å². The third kappa shape index (κ3) is 7.14. The summed E-state index contributed by atoms with van der Waals surface area (Å²) >= 11 is 1.24. The van der Waals surface area contributed by atoms with Crippen LogP contribution < -0.4 is 9.64 Å². The number of aryl methyl sites for hydroxylation is 1. The van der Waals surface area contributed by atoms with Gasteiger partial charge < -0.3 is 14.4 Å². The highest BCUT2D eigenvalue weighted by Crippen LogP contribution is 2.41. The summed E-state index contributed by atoms with van der Waals surface area (Å²) in [5.41, 5.74) is 4.77. The van der Waals surface area contributed by atoms with E-state index in [9.17, 15) is 9.18 Å². The van der Waals surface area contributed by atoms with Crippen molar-refractivity contribution in [3.63, 3.8) is 0 Å². The average Bonchev–Trinajstić information content (AvgIpc) is 3.41. The van der Waals surface area contributed by atoms with E-state index in [0.29, 0.717) is 35.3 Å². The van der Waals surface area contributed by atoms with Gasteiger partial charge in [0.1, 0.15) is 11.6 Å². The number of ether oxygens (including phenoxy) is 2. The Hall–Kier alpha value is -4.02. The van der Waals surface area contributed by atoms with Crippen molar-refractivity contribution in [3.05, 3.63) is 88.7 Å². The summed E-state index contributed by atoms with van der Waals surface area (Å²) in [6.45, 7) is 11.0. The Kier molecular flexibility index (Phi) is 9.27. The summed E-state index contributed by atoms with van der Waals surface area (Å²) in [4.78, 5) is 15.9. The second kappa shape index (κ2) is 13.1. The van der Waals surface area contributed by atoms with Gasteiger partial charge in [0, 0.05) is 29.8 Å². The van der Waals surface area contributed by atoms with Crippen molar-refractivity contribution < 1.29 is 18.7 Å². The van der Waals surface area contributed by atoms with Crippen molar-refractivity contribution in [2.24, 2.45) is 5.10 Å². The predicted octanol–water partition coefficient (Wildman–Crippen LogP) is 6.39. The van der Waals surface area contributed by atoms with E-state index in [0.717, 1.165) is 41.2 Å². The van der Waals surface area contributed by atoms with Gasteiger partial charge in [-0.1, -0.05) is 74.5 Å². The predicted molar refractivity (Wildman–Crippen MR) is 169 cm³/mol. The third-order valence-electron chi connectivity index (χ3n) is 7.18. The molecule has 43 heavy (non-hydrogen) atoms. The molecule has 0 bridgehead atoms. The van der Waals surface area contributed by atoms with E-state index in [1.807, 2.05) is 43.3 Å². The lowest BCUT2D eigenvalue weighted by Crippen LogP contribution is -2.37. The number of thioether (sulfide) groups is 1. The maximum absolute atomic E-state index is 14.1. The van der Waals surface area contributed by atoms with Crippen LogP contribution >= 0.6 is 11.8 Å². The van der Waals surface area contributed by atoms with Gasteiger partial charge in [0.2, 0.25) is 5.16 Å². The Morgan fingerprint density at radius 3 is 2.51 bits per heavy atom. The number of ketones is 1.